The molecule has 10 nitrogen and oxygen atoms in total. The molecule has 1 saturated heterocycles. The molecule has 0 radical (unpaired) electrons. The second-order valence-electron chi connectivity index (χ2n) is 7.24. The number of carbonyl (C=O) groups excluding carboxylic acids is 2. The third-order valence-electron chi connectivity index (χ3n) is 4.77. The van der Waals surface area contributed by atoms with Crippen molar-refractivity contribution in [3.05, 3.63) is 42.4 Å². The van der Waals surface area contributed by atoms with Gasteiger partial charge in [-0.25, -0.2) is 4.98 Å². The second kappa shape index (κ2) is 10.2. The van der Waals surface area contributed by atoms with Crippen molar-refractivity contribution < 1.29 is 9.59 Å². The molecule has 1 aromatic rings. The topological polar surface area (TPSA) is 174 Å². The van der Waals surface area contributed by atoms with Gasteiger partial charge in [-0.3, -0.25) is 15.0 Å². The standard InChI is InChI=1S/C20H28N8O2/c1-12-3-4-16(15(22)6-8-25-17(23)5-7-21)28(11-12)20(30)19(29)27-14-9-13(2)18(24)26-10-14/h5-10,12,16,22H,3-4,11,21H2,1-2H3,(H2,23,25)(H2,24,26)(H,27,29)/b7-5-,8-6-,22-15?/t12-,16?/m0/s1. The van der Waals surface area contributed by atoms with Gasteiger partial charge in [-0.15, -0.1) is 0 Å². The van der Waals surface area contributed by atoms with E-state index in [-0.39, 0.29) is 17.5 Å². The maximum Gasteiger partial charge on any atom is 0.313 e. The number of likely N-dealkylation sites (tertiary alicyclic amines) is 1. The predicted molar refractivity (Wildman–Crippen MR) is 117 cm³/mol. The fraction of sp³-hybridized carbons (Fsp3) is 0.350. The molecule has 2 amide bonds. The first-order valence-electron chi connectivity index (χ1n) is 9.55. The van der Waals surface area contributed by atoms with Gasteiger partial charge in [0.2, 0.25) is 0 Å². The van der Waals surface area contributed by atoms with Crippen molar-refractivity contribution in [1.29, 1.82) is 10.8 Å². The van der Waals surface area contributed by atoms with Crippen molar-refractivity contribution >= 4 is 34.9 Å². The Morgan fingerprint density at radius 3 is 2.70 bits per heavy atom. The summed E-state index contributed by atoms with van der Waals surface area (Å²) < 4.78 is 0. The lowest BCUT2D eigenvalue weighted by atomic mass is 9.91. The lowest BCUT2D eigenvalue weighted by molar-refractivity contribution is -0.145. The van der Waals surface area contributed by atoms with E-state index in [2.05, 4.69) is 15.6 Å². The molecule has 1 aliphatic rings. The molecular weight excluding hydrogens is 384 g/mol. The van der Waals surface area contributed by atoms with Crippen molar-refractivity contribution in [2.24, 2.45) is 11.7 Å². The number of piperidine rings is 1. The number of pyridine rings is 1. The number of aryl methyl sites for hydroxylation is 1. The lowest BCUT2D eigenvalue weighted by Crippen LogP contribution is -2.53. The number of nitrogens with zero attached hydrogens (tertiary/aromatic N) is 2. The summed E-state index contributed by atoms with van der Waals surface area (Å²) in [5, 5.41) is 21.1. The van der Waals surface area contributed by atoms with Gasteiger partial charge in [-0.05, 0) is 55.7 Å². The monoisotopic (exact) mass is 412 g/mol. The van der Waals surface area contributed by atoms with Crippen molar-refractivity contribution in [2.75, 3.05) is 17.6 Å². The van der Waals surface area contributed by atoms with Crippen molar-refractivity contribution in [1.82, 2.24) is 15.2 Å². The molecule has 0 aromatic carbocycles. The van der Waals surface area contributed by atoms with Crippen LogP contribution in [0, 0.1) is 23.7 Å². The zero-order valence-corrected chi connectivity index (χ0v) is 17.1. The SMILES string of the molecule is Cc1cc(NC(=O)C(=O)N2C[C@@H](C)CCC2C(=N)/C=C\NC(=N)/C=C\N)cnc1N. The van der Waals surface area contributed by atoms with Gasteiger partial charge in [-0.2, -0.15) is 0 Å². The molecule has 0 saturated carbocycles. The van der Waals surface area contributed by atoms with Crippen LogP contribution < -0.4 is 22.1 Å². The summed E-state index contributed by atoms with van der Waals surface area (Å²) in [6.45, 7) is 4.14. The van der Waals surface area contributed by atoms with Crippen LogP contribution in [-0.4, -0.2) is 45.8 Å². The minimum absolute atomic E-state index is 0.0681. The Hall–Kier alpha value is -3.69. The molecule has 1 aromatic heterocycles. The van der Waals surface area contributed by atoms with E-state index < -0.39 is 17.9 Å². The summed E-state index contributed by atoms with van der Waals surface area (Å²) >= 11 is 0. The minimum atomic E-state index is -0.787. The number of hydrogen-bond donors (Lipinski definition) is 6. The molecule has 10 heteroatoms. The summed E-state index contributed by atoms with van der Waals surface area (Å²) in [5.74, 6) is -0.848. The molecule has 160 valence electrons. The fourth-order valence-electron chi connectivity index (χ4n) is 3.15. The number of nitrogen functional groups attached to an aromatic ring is 1. The Labute approximate surface area is 175 Å². The first kappa shape index (κ1) is 22.6. The van der Waals surface area contributed by atoms with E-state index in [1.165, 1.54) is 35.6 Å². The Morgan fingerprint density at radius 1 is 1.30 bits per heavy atom. The van der Waals surface area contributed by atoms with Gasteiger partial charge in [0, 0.05) is 12.7 Å². The van der Waals surface area contributed by atoms with Crippen LogP contribution in [0.1, 0.15) is 25.3 Å². The summed E-state index contributed by atoms with van der Waals surface area (Å²) in [6, 6.07) is 1.12. The highest BCUT2D eigenvalue weighted by Gasteiger charge is 2.35. The zero-order valence-electron chi connectivity index (χ0n) is 17.1. The Balaban J connectivity index is 2.09. The van der Waals surface area contributed by atoms with E-state index in [9.17, 15) is 9.59 Å². The number of hydrogen-bond acceptors (Lipinski definition) is 7. The van der Waals surface area contributed by atoms with Crippen LogP contribution in [0.2, 0.25) is 0 Å². The molecule has 2 heterocycles. The van der Waals surface area contributed by atoms with Gasteiger partial charge in [0.15, 0.2) is 0 Å². The number of nitrogens with two attached hydrogens (primary N) is 2. The third-order valence-corrected chi connectivity index (χ3v) is 4.77. The van der Waals surface area contributed by atoms with Crippen LogP contribution >= 0.6 is 0 Å². The van der Waals surface area contributed by atoms with E-state index in [1.807, 2.05) is 6.92 Å². The molecule has 0 bridgehead atoms. The molecular formula is C20H28N8O2. The number of rotatable bonds is 5. The number of amidine groups is 1. The normalized spacial score (nSPS) is 19.1. The van der Waals surface area contributed by atoms with Gasteiger partial charge in [0.05, 0.1) is 23.6 Å². The zero-order chi connectivity index (χ0) is 22.3. The minimum Gasteiger partial charge on any atom is -0.404 e. The van der Waals surface area contributed by atoms with Crippen LogP contribution in [0.25, 0.3) is 0 Å². The van der Waals surface area contributed by atoms with Gasteiger partial charge < -0.3 is 32.4 Å². The first-order chi connectivity index (χ1) is 14.2. The number of aromatic nitrogens is 1. The summed E-state index contributed by atoms with van der Waals surface area (Å²) in [6.07, 6.45) is 8.32. The molecule has 2 atom stereocenters. The molecule has 1 aliphatic heterocycles. The van der Waals surface area contributed by atoms with Gasteiger partial charge in [0.25, 0.3) is 0 Å². The van der Waals surface area contributed by atoms with Crippen LogP contribution in [0.3, 0.4) is 0 Å². The molecule has 1 unspecified atom stereocenters. The van der Waals surface area contributed by atoms with Crippen LogP contribution in [0.5, 0.6) is 0 Å². The molecule has 1 fully saturated rings. The highest BCUT2D eigenvalue weighted by Crippen LogP contribution is 2.23. The highest BCUT2D eigenvalue weighted by atomic mass is 16.2. The maximum absolute atomic E-state index is 12.9. The Morgan fingerprint density at radius 2 is 2.03 bits per heavy atom. The van der Waals surface area contributed by atoms with Crippen molar-refractivity contribution in [3.8, 4) is 0 Å². The molecule has 2 rings (SSSR count). The average Bonchev–Trinajstić information content (AvgIpc) is 2.70. The fourth-order valence-corrected chi connectivity index (χ4v) is 3.15. The van der Waals surface area contributed by atoms with E-state index in [4.69, 9.17) is 22.3 Å². The van der Waals surface area contributed by atoms with E-state index in [1.54, 1.807) is 13.0 Å². The number of carbonyl (C=O) groups is 2. The van der Waals surface area contributed by atoms with Crippen molar-refractivity contribution in [3.63, 3.8) is 0 Å². The second-order valence-corrected chi connectivity index (χ2v) is 7.24. The van der Waals surface area contributed by atoms with E-state index in [0.29, 0.717) is 30.0 Å². The Kier molecular flexibility index (Phi) is 7.68. The summed E-state index contributed by atoms with van der Waals surface area (Å²) in [4.78, 5) is 30.8. The maximum atomic E-state index is 12.9. The summed E-state index contributed by atoms with van der Waals surface area (Å²) in [7, 11) is 0. The number of anilines is 2. The van der Waals surface area contributed by atoms with Gasteiger partial charge >= 0.3 is 11.8 Å². The smallest absolute Gasteiger partial charge is 0.313 e. The molecule has 30 heavy (non-hydrogen) atoms. The average molecular weight is 412 g/mol. The molecule has 0 spiro atoms. The van der Waals surface area contributed by atoms with E-state index in [0.717, 1.165) is 6.42 Å². The largest absolute Gasteiger partial charge is 0.404 e. The molecule has 0 aliphatic carbocycles. The number of amides is 2. The molecule has 8 N–H and O–H groups in total. The van der Waals surface area contributed by atoms with Gasteiger partial charge in [0.1, 0.15) is 11.7 Å². The third kappa shape index (κ3) is 5.90. The first-order valence-corrected chi connectivity index (χ1v) is 9.55. The van der Waals surface area contributed by atoms with Crippen molar-refractivity contribution in [2.45, 2.75) is 32.7 Å². The predicted octanol–water partition coefficient (Wildman–Crippen LogP) is 1.11. The van der Waals surface area contributed by atoms with Crippen LogP contribution in [0.4, 0.5) is 11.5 Å². The quantitative estimate of drug-likeness (QED) is 0.240. The van der Waals surface area contributed by atoms with Crippen LogP contribution in [0.15, 0.2) is 36.8 Å². The number of nitrogens with one attached hydrogen (secondary N) is 4. The van der Waals surface area contributed by atoms with Gasteiger partial charge in [-0.1, -0.05) is 6.92 Å². The highest BCUT2D eigenvalue weighted by molar-refractivity contribution is 6.40. The lowest BCUT2D eigenvalue weighted by Gasteiger charge is -2.38. The Bertz CT molecular complexity index is 893. The van der Waals surface area contributed by atoms with E-state index >= 15 is 0 Å². The summed E-state index contributed by atoms with van der Waals surface area (Å²) in [5.41, 5.74) is 12.1. The van der Waals surface area contributed by atoms with Crippen LogP contribution in [-0.2, 0) is 9.59 Å².